The number of carbonyl (C=O) groups excluding carboxylic acids is 1. The lowest BCUT2D eigenvalue weighted by Crippen LogP contribution is -2.47. The Bertz CT molecular complexity index is 563. The molecule has 2 aliphatic heterocycles. The number of piperidine rings is 1. The van der Waals surface area contributed by atoms with Gasteiger partial charge in [-0.2, -0.15) is 0 Å². The summed E-state index contributed by atoms with van der Waals surface area (Å²) < 4.78 is 6.66. The zero-order valence-electron chi connectivity index (χ0n) is 11.9. The molecule has 1 saturated heterocycles. The molecule has 2 amide bonds. The highest BCUT2D eigenvalue weighted by atomic mass is 16.5. The molecule has 0 atom stereocenters. The van der Waals surface area contributed by atoms with Crippen molar-refractivity contribution in [2.75, 3.05) is 20.2 Å². The minimum absolute atomic E-state index is 0.0803. The lowest BCUT2D eigenvalue weighted by atomic mass is 10.0. The molecule has 3 heterocycles. The molecule has 1 fully saturated rings. The first-order valence-electron chi connectivity index (χ1n) is 6.95. The van der Waals surface area contributed by atoms with E-state index in [1.165, 1.54) is 4.90 Å². The van der Waals surface area contributed by atoms with Crippen molar-refractivity contribution >= 4 is 12.1 Å². The molecule has 0 saturated carbocycles. The number of methoxy groups -OCH3 is 1. The van der Waals surface area contributed by atoms with Gasteiger partial charge >= 0.3 is 12.1 Å². The van der Waals surface area contributed by atoms with Gasteiger partial charge in [-0.05, 0) is 12.8 Å². The van der Waals surface area contributed by atoms with Crippen LogP contribution in [0.2, 0.25) is 0 Å². The normalized spacial score (nSPS) is 19.2. The average Bonchev–Trinajstić information content (AvgIpc) is 3.01. The van der Waals surface area contributed by atoms with E-state index in [-0.39, 0.29) is 12.1 Å². The van der Waals surface area contributed by atoms with Gasteiger partial charge in [-0.15, -0.1) is 0 Å². The van der Waals surface area contributed by atoms with Crippen molar-refractivity contribution < 1.29 is 19.4 Å². The van der Waals surface area contributed by atoms with E-state index < -0.39 is 6.09 Å². The first-order chi connectivity index (χ1) is 10.1. The third-order valence-corrected chi connectivity index (χ3v) is 4.13. The van der Waals surface area contributed by atoms with Crippen molar-refractivity contribution in [1.29, 1.82) is 0 Å². The average molecular weight is 294 g/mol. The van der Waals surface area contributed by atoms with E-state index in [1.54, 1.807) is 17.9 Å². The van der Waals surface area contributed by atoms with E-state index in [4.69, 9.17) is 9.84 Å². The highest BCUT2D eigenvalue weighted by Gasteiger charge is 2.36. The Morgan fingerprint density at radius 1 is 1.48 bits per heavy atom. The molecular formula is C13H18N4O4. The zero-order chi connectivity index (χ0) is 15.0. The molecule has 8 heteroatoms. The van der Waals surface area contributed by atoms with Crippen LogP contribution in [0.25, 0.3) is 0 Å². The van der Waals surface area contributed by atoms with Gasteiger partial charge in [0.25, 0.3) is 0 Å². The fourth-order valence-corrected chi connectivity index (χ4v) is 3.03. The number of aromatic nitrogens is 2. The van der Waals surface area contributed by atoms with Gasteiger partial charge in [-0.25, -0.2) is 19.1 Å². The smallest absolute Gasteiger partial charge is 0.407 e. The second-order valence-corrected chi connectivity index (χ2v) is 5.35. The lowest BCUT2D eigenvalue weighted by molar-refractivity contribution is 0.107. The number of ether oxygens (including phenoxy) is 1. The second kappa shape index (κ2) is 5.36. The van der Waals surface area contributed by atoms with Crippen molar-refractivity contribution in [1.82, 2.24) is 19.4 Å². The number of carboxylic acid groups (broad SMARTS) is 1. The fourth-order valence-electron chi connectivity index (χ4n) is 3.03. The van der Waals surface area contributed by atoms with Gasteiger partial charge in [-0.1, -0.05) is 0 Å². The topological polar surface area (TPSA) is 87.9 Å². The van der Waals surface area contributed by atoms with Crippen LogP contribution in [-0.2, 0) is 17.9 Å². The molecule has 8 nitrogen and oxygen atoms in total. The van der Waals surface area contributed by atoms with Crippen LogP contribution in [0.4, 0.5) is 9.59 Å². The summed E-state index contributed by atoms with van der Waals surface area (Å²) in [6.45, 7) is 1.79. The Morgan fingerprint density at radius 3 is 2.81 bits per heavy atom. The summed E-state index contributed by atoms with van der Waals surface area (Å²) in [5, 5.41) is 8.97. The quantitative estimate of drug-likeness (QED) is 0.897. The van der Waals surface area contributed by atoms with Crippen molar-refractivity contribution in [2.24, 2.45) is 0 Å². The van der Waals surface area contributed by atoms with Crippen LogP contribution in [0.1, 0.15) is 24.4 Å². The summed E-state index contributed by atoms with van der Waals surface area (Å²) in [5.74, 6) is 0.614. The van der Waals surface area contributed by atoms with Gasteiger partial charge in [0.05, 0.1) is 18.4 Å². The molecule has 0 aromatic carbocycles. The van der Waals surface area contributed by atoms with Crippen molar-refractivity contribution in [3.05, 3.63) is 17.7 Å². The number of carbonyl (C=O) groups is 2. The minimum atomic E-state index is -0.890. The highest BCUT2D eigenvalue weighted by Crippen LogP contribution is 2.26. The van der Waals surface area contributed by atoms with Crippen molar-refractivity contribution in [3.63, 3.8) is 0 Å². The van der Waals surface area contributed by atoms with Gasteiger partial charge in [0, 0.05) is 26.2 Å². The molecule has 1 aromatic rings. The number of fused-ring (bicyclic) bond motifs is 1. The largest absolute Gasteiger partial charge is 0.465 e. The predicted molar refractivity (Wildman–Crippen MR) is 71.9 cm³/mol. The molecule has 114 valence electrons. The predicted octanol–water partition coefficient (Wildman–Crippen LogP) is 0.956. The number of hydrogen-bond donors (Lipinski definition) is 1. The SMILES string of the molecule is COCc1ncc2n1C(=O)N(C1CCN(C(=O)O)CC1)C2. The van der Waals surface area contributed by atoms with Crippen LogP contribution >= 0.6 is 0 Å². The van der Waals surface area contributed by atoms with E-state index in [0.717, 1.165) is 5.69 Å². The third kappa shape index (κ3) is 2.35. The number of likely N-dealkylation sites (tertiary alicyclic amines) is 1. The van der Waals surface area contributed by atoms with Gasteiger partial charge in [0.1, 0.15) is 12.4 Å². The minimum Gasteiger partial charge on any atom is -0.465 e. The van der Waals surface area contributed by atoms with Gasteiger partial charge < -0.3 is 19.6 Å². The summed E-state index contributed by atoms with van der Waals surface area (Å²) >= 11 is 0. The molecule has 0 aliphatic carbocycles. The Balaban J connectivity index is 1.70. The summed E-state index contributed by atoms with van der Waals surface area (Å²) in [7, 11) is 1.57. The monoisotopic (exact) mass is 294 g/mol. The molecule has 0 spiro atoms. The number of rotatable bonds is 3. The summed E-state index contributed by atoms with van der Waals surface area (Å²) in [4.78, 5) is 30.9. The fraction of sp³-hybridized carbons (Fsp3) is 0.615. The Labute approximate surface area is 121 Å². The molecule has 21 heavy (non-hydrogen) atoms. The van der Waals surface area contributed by atoms with Crippen LogP contribution in [0, 0.1) is 0 Å². The van der Waals surface area contributed by atoms with Crippen LogP contribution < -0.4 is 0 Å². The van der Waals surface area contributed by atoms with Gasteiger partial charge in [0.15, 0.2) is 0 Å². The van der Waals surface area contributed by atoms with Crippen molar-refractivity contribution in [3.8, 4) is 0 Å². The first-order valence-corrected chi connectivity index (χ1v) is 6.95. The van der Waals surface area contributed by atoms with Crippen LogP contribution in [-0.4, -0.2) is 62.8 Å². The Morgan fingerprint density at radius 2 is 2.19 bits per heavy atom. The zero-order valence-corrected chi connectivity index (χ0v) is 11.9. The maximum Gasteiger partial charge on any atom is 0.407 e. The molecule has 1 aromatic heterocycles. The molecule has 1 N–H and O–H groups in total. The van der Waals surface area contributed by atoms with E-state index in [9.17, 15) is 9.59 Å². The second-order valence-electron chi connectivity index (χ2n) is 5.35. The number of hydrogen-bond acceptors (Lipinski definition) is 4. The third-order valence-electron chi connectivity index (χ3n) is 4.13. The Hall–Kier alpha value is -2.09. The molecule has 2 aliphatic rings. The molecule has 0 radical (unpaired) electrons. The van der Waals surface area contributed by atoms with Crippen LogP contribution in [0.15, 0.2) is 6.20 Å². The van der Waals surface area contributed by atoms with Crippen LogP contribution in [0.3, 0.4) is 0 Å². The molecule has 0 unspecified atom stereocenters. The maximum absolute atomic E-state index is 12.5. The number of nitrogens with zero attached hydrogens (tertiary/aromatic N) is 4. The van der Waals surface area contributed by atoms with Crippen molar-refractivity contribution in [2.45, 2.75) is 32.0 Å². The highest BCUT2D eigenvalue weighted by molar-refractivity contribution is 5.81. The number of amides is 2. The summed E-state index contributed by atoms with van der Waals surface area (Å²) in [6.07, 6.45) is 2.17. The lowest BCUT2D eigenvalue weighted by Gasteiger charge is -2.35. The van der Waals surface area contributed by atoms with E-state index in [1.807, 2.05) is 4.90 Å². The molecular weight excluding hydrogens is 276 g/mol. The standard InChI is InChI=1S/C13H18N4O4/c1-21-8-11-14-6-10-7-16(12(18)17(10)11)9-2-4-15(5-3-9)13(19)20/h6,9H,2-5,7-8H2,1H3,(H,19,20). The van der Waals surface area contributed by atoms with Crippen LogP contribution in [0.5, 0.6) is 0 Å². The molecule has 3 rings (SSSR count). The van der Waals surface area contributed by atoms with Gasteiger partial charge in [-0.3, -0.25) is 0 Å². The summed E-state index contributed by atoms with van der Waals surface area (Å²) in [6, 6.07) is 0.00622. The van der Waals surface area contributed by atoms with E-state index in [2.05, 4.69) is 4.98 Å². The Kier molecular flexibility index (Phi) is 3.54. The summed E-state index contributed by atoms with van der Waals surface area (Å²) in [5.41, 5.74) is 0.868. The number of imidazole rings is 1. The molecule has 0 bridgehead atoms. The van der Waals surface area contributed by atoms with E-state index >= 15 is 0 Å². The first kappa shape index (κ1) is 13.9. The van der Waals surface area contributed by atoms with E-state index in [0.29, 0.717) is 44.9 Å². The maximum atomic E-state index is 12.5. The van der Waals surface area contributed by atoms with Gasteiger partial charge in [0.2, 0.25) is 0 Å².